The Hall–Kier alpha value is -1.05. The van der Waals surface area contributed by atoms with E-state index in [9.17, 15) is 0 Å². The summed E-state index contributed by atoms with van der Waals surface area (Å²) in [4.78, 5) is 0. The van der Waals surface area contributed by atoms with Gasteiger partial charge in [0.2, 0.25) is 0 Å². The highest BCUT2D eigenvalue weighted by Crippen LogP contribution is 2.35. The van der Waals surface area contributed by atoms with Crippen LogP contribution >= 0.6 is 11.6 Å². The SMILES string of the molecule is Cc1c(C)c(C)c(-c2c([Si])cccc2CCl)c(C)c1C. The zero-order valence-corrected chi connectivity index (χ0v) is 14.6. The van der Waals surface area contributed by atoms with Gasteiger partial charge in [-0.05, 0) is 79.1 Å². The molecule has 0 saturated carbocycles. The minimum atomic E-state index is 0.526. The number of alkyl halides is 1. The average molecular weight is 300 g/mol. The van der Waals surface area contributed by atoms with Crippen molar-refractivity contribution in [2.45, 2.75) is 40.5 Å². The van der Waals surface area contributed by atoms with E-state index in [1.54, 1.807) is 0 Å². The lowest BCUT2D eigenvalue weighted by atomic mass is 9.85. The first-order valence-electron chi connectivity index (χ1n) is 6.86. The van der Waals surface area contributed by atoms with Crippen molar-refractivity contribution in [3.05, 3.63) is 51.6 Å². The molecule has 2 heteroatoms. The molecule has 0 saturated heterocycles. The molecule has 0 bridgehead atoms. The van der Waals surface area contributed by atoms with Gasteiger partial charge in [0, 0.05) is 5.88 Å². The smallest absolute Gasteiger partial charge is 0.0720 e. The zero-order valence-electron chi connectivity index (χ0n) is 12.8. The van der Waals surface area contributed by atoms with Crippen LogP contribution in [0.15, 0.2) is 18.2 Å². The highest BCUT2D eigenvalue weighted by molar-refractivity contribution is 6.36. The molecule has 0 fully saturated rings. The van der Waals surface area contributed by atoms with Crippen molar-refractivity contribution < 1.29 is 0 Å². The van der Waals surface area contributed by atoms with Crippen LogP contribution in [-0.2, 0) is 5.88 Å². The Morgan fingerprint density at radius 2 is 1.30 bits per heavy atom. The molecule has 0 N–H and O–H groups in total. The number of hydrogen-bond acceptors (Lipinski definition) is 0. The largest absolute Gasteiger partial charge is 0.122 e. The van der Waals surface area contributed by atoms with Crippen molar-refractivity contribution in [2.24, 2.45) is 0 Å². The Bertz CT molecular complexity index is 643. The maximum absolute atomic E-state index is 6.15. The van der Waals surface area contributed by atoms with E-state index in [2.05, 4.69) is 57.0 Å². The second-order valence-corrected chi connectivity index (χ2v) is 6.28. The van der Waals surface area contributed by atoms with Crippen molar-refractivity contribution in [1.82, 2.24) is 0 Å². The molecular weight excluding hydrogens is 280 g/mol. The Kier molecular flexibility index (Phi) is 4.41. The molecule has 3 radical (unpaired) electrons. The van der Waals surface area contributed by atoms with E-state index in [4.69, 9.17) is 11.6 Å². The Balaban J connectivity index is 2.91. The third-order valence-electron chi connectivity index (χ3n) is 4.54. The lowest BCUT2D eigenvalue weighted by Crippen LogP contribution is -2.12. The standard InChI is InChI=1S/C18H20ClSi/c1-10-11(2)13(4)17(14(5)12(10)3)18-15(9-19)7-6-8-16(18)20/h6-8H,9H2,1-5H3. The van der Waals surface area contributed by atoms with Gasteiger partial charge in [-0.2, -0.15) is 0 Å². The maximum atomic E-state index is 6.15. The predicted molar refractivity (Wildman–Crippen MR) is 90.5 cm³/mol. The molecule has 0 nitrogen and oxygen atoms in total. The van der Waals surface area contributed by atoms with E-state index in [1.165, 1.54) is 44.5 Å². The molecule has 0 aliphatic heterocycles. The molecule has 0 atom stereocenters. The summed E-state index contributed by atoms with van der Waals surface area (Å²) in [5.41, 5.74) is 10.6. The van der Waals surface area contributed by atoms with Crippen LogP contribution < -0.4 is 5.19 Å². The summed E-state index contributed by atoms with van der Waals surface area (Å²) in [6.07, 6.45) is 0. The van der Waals surface area contributed by atoms with Crippen molar-refractivity contribution in [3.8, 4) is 11.1 Å². The van der Waals surface area contributed by atoms with Gasteiger partial charge >= 0.3 is 0 Å². The summed E-state index contributed by atoms with van der Waals surface area (Å²) in [5, 5.41) is 1.11. The maximum Gasteiger partial charge on any atom is 0.0720 e. The van der Waals surface area contributed by atoms with Crippen LogP contribution in [0.4, 0.5) is 0 Å². The van der Waals surface area contributed by atoms with Crippen LogP contribution in [0.3, 0.4) is 0 Å². The number of rotatable bonds is 2. The fraction of sp³-hybridized carbons (Fsp3) is 0.333. The molecule has 2 aromatic carbocycles. The Morgan fingerprint density at radius 1 is 0.800 bits per heavy atom. The van der Waals surface area contributed by atoms with Crippen LogP contribution in [0, 0.1) is 34.6 Å². The molecule has 2 rings (SSSR count). The molecule has 0 unspecified atom stereocenters. The van der Waals surface area contributed by atoms with Gasteiger partial charge in [-0.3, -0.25) is 0 Å². The van der Waals surface area contributed by atoms with Gasteiger partial charge in [-0.1, -0.05) is 23.4 Å². The fourth-order valence-electron chi connectivity index (χ4n) is 2.88. The minimum Gasteiger partial charge on any atom is -0.122 e. The Morgan fingerprint density at radius 3 is 1.80 bits per heavy atom. The molecule has 0 aliphatic carbocycles. The summed E-state index contributed by atoms with van der Waals surface area (Å²) in [6, 6.07) is 6.24. The van der Waals surface area contributed by atoms with Gasteiger partial charge in [-0.25, -0.2) is 0 Å². The van der Waals surface area contributed by atoms with E-state index in [1.807, 2.05) is 6.07 Å². The second kappa shape index (κ2) is 5.75. The third kappa shape index (κ3) is 2.34. The minimum absolute atomic E-state index is 0.526. The monoisotopic (exact) mass is 299 g/mol. The van der Waals surface area contributed by atoms with Gasteiger partial charge in [-0.15, -0.1) is 11.6 Å². The molecule has 103 valence electrons. The molecule has 2 aromatic rings. The van der Waals surface area contributed by atoms with Crippen LogP contribution in [0.25, 0.3) is 11.1 Å². The molecular formula is C18H20ClSi. The van der Waals surface area contributed by atoms with Crippen LogP contribution in [0.1, 0.15) is 33.4 Å². The van der Waals surface area contributed by atoms with Gasteiger partial charge in [0.1, 0.15) is 0 Å². The zero-order chi connectivity index (χ0) is 15.0. The summed E-state index contributed by atoms with van der Waals surface area (Å²) >= 11 is 6.15. The quantitative estimate of drug-likeness (QED) is 0.568. The van der Waals surface area contributed by atoms with Gasteiger partial charge in [0.25, 0.3) is 0 Å². The van der Waals surface area contributed by atoms with Crippen molar-refractivity contribution in [1.29, 1.82) is 0 Å². The highest BCUT2D eigenvalue weighted by atomic mass is 35.5. The number of hydrogen-bond donors (Lipinski definition) is 0. The van der Waals surface area contributed by atoms with E-state index < -0.39 is 0 Å². The topological polar surface area (TPSA) is 0 Å². The molecule has 0 aliphatic rings. The van der Waals surface area contributed by atoms with E-state index in [-0.39, 0.29) is 0 Å². The molecule has 20 heavy (non-hydrogen) atoms. The number of halogens is 1. The van der Waals surface area contributed by atoms with Crippen molar-refractivity contribution in [3.63, 3.8) is 0 Å². The van der Waals surface area contributed by atoms with Crippen LogP contribution in [0.5, 0.6) is 0 Å². The summed E-state index contributed by atoms with van der Waals surface area (Å²) in [5.74, 6) is 0.526. The van der Waals surface area contributed by atoms with E-state index in [0.29, 0.717) is 5.88 Å². The van der Waals surface area contributed by atoms with Gasteiger partial charge in [0.15, 0.2) is 0 Å². The first kappa shape index (κ1) is 15.3. The lowest BCUT2D eigenvalue weighted by Gasteiger charge is -2.22. The first-order chi connectivity index (χ1) is 9.40. The fourth-order valence-corrected chi connectivity index (χ4v) is 3.49. The molecule has 0 spiro atoms. The van der Waals surface area contributed by atoms with Crippen molar-refractivity contribution >= 4 is 27.0 Å². The van der Waals surface area contributed by atoms with Crippen LogP contribution in [-0.4, -0.2) is 10.2 Å². The molecule has 0 amide bonds. The predicted octanol–water partition coefficient (Wildman–Crippen LogP) is 4.43. The summed E-state index contributed by atoms with van der Waals surface area (Å²) in [6.45, 7) is 11.0. The summed E-state index contributed by atoms with van der Waals surface area (Å²) in [7, 11) is 3.76. The molecule has 0 aromatic heterocycles. The normalized spacial score (nSPS) is 10.9. The lowest BCUT2D eigenvalue weighted by molar-refractivity contribution is 1.18. The van der Waals surface area contributed by atoms with Gasteiger partial charge < -0.3 is 0 Å². The third-order valence-corrected chi connectivity index (χ3v) is 5.25. The highest BCUT2D eigenvalue weighted by Gasteiger charge is 2.17. The van der Waals surface area contributed by atoms with Crippen molar-refractivity contribution in [2.75, 3.05) is 0 Å². The van der Waals surface area contributed by atoms with Crippen LogP contribution in [0.2, 0.25) is 0 Å². The Labute approximate surface area is 130 Å². The number of benzene rings is 2. The first-order valence-corrected chi connectivity index (χ1v) is 7.90. The van der Waals surface area contributed by atoms with E-state index >= 15 is 0 Å². The van der Waals surface area contributed by atoms with E-state index in [0.717, 1.165) is 5.19 Å². The van der Waals surface area contributed by atoms with Gasteiger partial charge in [0.05, 0.1) is 10.2 Å². The summed E-state index contributed by atoms with van der Waals surface area (Å²) < 4.78 is 0. The second-order valence-electron chi connectivity index (χ2n) is 5.47. The molecule has 0 heterocycles. The average Bonchev–Trinajstić information content (AvgIpc) is 2.44.